The van der Waals surface area contributed by atoms with E-state index in [9.17, 15) is 8.42 Å². The molecule has 3 rings (SSSR count). The Morgan fingerprint density at radius 1 is 0.558 bits per heavy atom. The monoisotopic (exact) mass is 718 g/mol. The Morgan fingerprint density at radius 3 is 1.35 bits per heavy atom. The van der Waals surface area contributed by atoms with Crippen LogP contribution in [0.2, 0.25) is 0 Å². The molecule has 0 saturated carbocycles. The van der Waals surface area contributed by atoms with Gasteiger partial charge in [0.25, 0.3) is 0 Å². The molecule has 0 radical (unpaired) electrons. The average Bonchev–Trinajstić information content (AvgIpc) is 2.96. The topological polar surface area (TPSA) is 43.4 Å². The fourth-order valence-corrected chi connectivity index (χ4v) is 12.0. The van der Waals surface area contributed by atoms with Gasteiger partial charge in [0.15, 0.2) is 0 Å². The van der Waals surface area contributed by atoms with Crippen LogP contribution in [-0.4, -0.2) is 8.42 Å². The van der Waals surface area contributed by atoms with Crippen molar-refractivity contribution >= 4 is 30.4 Å². The minimum absolute atomic E-state index is 0.0223. The molecule has 0 heterocycles. The van der Waals surface area contributed by atoms with Crippen LogP contribution in [-0.2, 0) is 29.9 Å². The Hall–Kier alpha value is -1.70. The van der Waals surface area contributed by atoms with E-state index in [1.807, 2.05) is 12.1 Å². The predicted molar refractivity (Wildman–Crippen MR) is 192 cm³/mol. The van der Waals surface area contributed by atoms with Crippen LogP contribution in [0.25, 0.3) is 0 Å². The molecular formula is C38H55IO3S. The van der Waals surface area contributed by atoms with E-state index in [2.05, 4.69) is 97.0 Å². The Labute approximate surface area is 271 Å². The van der Waals surface area contributed by atoms with Gasteiger partial charge >= 0.3 is 234 Å². The predicted octanol–water partition coefficient (Wildman–Crippen LogP) is 11.6. The molecule has 0 amide bonds. The summed E-state index contributed by atoms with van der Waals surface area (Å²) in [6, 6.07) is 24.1. The fraction of sp³-hybridized carbons (Fsp3) is 0.526. The second-order valence-corrected chi connectivity index (χ2v) is 20.4. The third-order valence-electron chi connectivity index (χ3n) is 7.99. The van der Waals surface area contributed by atoms with Crippen molar-refractivity contribution in [2.45, 2.75) is 135 Å². The molecule has 0 N–H and O–H groups in total. The summed E-state index contributed by atoms with van der Waals surface area (Å²) in [5, 5.41) is 0. The average molecular weight is 719 g/mol. The number of hydrogen-bond donors (Lipinski definition) is 0. The molecule has 3 nitrogen and oxygen atoms in total. The first-order chi connectivity index (χ1) is 20.3. The van der Waals surface area contributed by atoms with E-state index in [4.69, 9.17) is 2.51 Å². The first-order valence-electron chi connectivity index (χ1n) is 16.3. The van der Waals surface area contributed by atoms with Crippen LogP contribution in [0, 0.1) is 7.14 Å². The van der Waals surface area contributed by atoms with Crippen LogP contribution in [0.3, 0.4) is 0 Å². The number of benzene rings is 3. The van der Waals surface area contributed by atoms with Crippen LogP contribution in [0.4, 0.5) is 0 Å². The van der Waals surface area contributed by atoms with E-state index in [1.165, 1.54) is 74.5 Å². The van der Waals surface area contributed by atoms with Gasteiger partial charge in [-0.15, -0.1) is 0 Å². The second kappa shape index (κ2) is 16.6. The molecule has 3 aromatic carbocycles. The van der Waals surface area contributed by atoms with Crippen LogP contribution in [0.1, 0.15) is 129 Å². The number of rotatable bonds is 16. The van der Waals surface area contributed by atoms with E-state index in [-0.39, 0.29) is 15.7 Å². The molecule has 3 aromatic rings. The van der Waals surface area contributed by atoms with Crippen LogP contribution in [0.5, 0.6) is 0 Å². The molecule has 0 unspecified atom stereocenters. The summed E-state index contributed by atoms with van der Waals surface area (Å²) in [6.45, 7) is 15.4. The molecule has 0 spiro atoms. The summed E-state index contributed by atoms with van der Waals surface area (Å²) in [5.41, 5.74) is 3.67. The molecule has 0 saturated heterocycles. The van der Waals surface area contributed by atoms with Crippen molar-refractivity contribution in [1.82, 2.24) is 0 Å². The summed E-state index contributed by atoms with van der Waals surface area (Å²) < 4.78 is 35.4. The molecule has 0 atom stereocenters. The summed E-state index contributed by atoms with van der Waals surface area (Å²) in [5.74, 6) is 0. The zero-order valence-corrected chi connectivity index (χ0v) is 30.7. The van der Waals surface area contributed by atoms with Gasteiger partial charge in [-0.25, -0.2) is 0 Å². The minimum atomic E-state index is -3.92. The van der Waals surface area contributed by atoms with Crippen molar-refractivity contribution in [2.24, 2.45) is 0 Å². The Kier molecular flexibility index (Phi) is 13.8. The maximum absolute atomic E-state index is 13.6. The first kappa shape index (κ1) is 35.8. The van der Waals surface area contributed by atoms with Gasteiger partial charge < -0.3 is 0 Å². The van der Waals surface area contributed by atoms with Crippen molar-refractivity contribution in [3.63, 3.8) is 0 Å². The van der Waals surface area contributed by atoms with Crippen molar-refractivity contribution in [1.29, 1.82) is 0 Å². The van der Waals surface area contributed by atoms with E-state index in [1.54, 1.807) is 12.1 Å². The summed E-state index contributed by atoms with van der Waals surface area (Å²) in [4.78, 5) is 0.235. The molecule has 0 aliphatic carbocycles. The van der Waals surface area contributed by atoms with Crippen LogP contribution in [0.15, 0.2) is 77.7 Å². The van der Waals surface area contributed by atoms with Gasteiger partial charge in [-0.2, -0.15) is 0 Å². The molecule has 0 aromatic heterocycles. The van der Waals surface area contributed by atoms with Crippen LogP contribution >= 0.6 is 20.2 Å². The van der Waals surface area contributed by atoms with E-state index < -0.39 is 30.4 Å². The summed E-state index contributed by atoms with van der Waals surface area (Å²) in [6.07, 6.45) is 14.1. The van der Waals surface area contributed by atoms with Crippen molar-refractivity contribution in [3.8, 4) is 0 Å². The molecule has 43 heavy (non-hydrogen) atoms. The normalized spacial score (nSPS) is 12.9. The number of halogens is 1. The molecule has 0 aliphatic rings. The van der Waals surface area contributed by atoms with Crippen molar-refractivity contribution < 1.29 is 10.9 Å². The van der Waals surface area contributed by atoms with E-state index in [0.29, 0.717) is 0 Å². The molecule has 0 aliphatic heterocycles. The molecule has 0 fully saturated rings. The third-order valence-corrected chi connectivity index (χ3v) is 15.3. The zero-order chi connectivity index (χ0) is 31.5. The number of unbranched alkanes of at least 4 members (excludes halogenated alkanes) is 9. The van der Waals surface area contributed by atoms with Crippen molar-refractivity contribution in [3.05, 3.63) is 96.6 Å². The summed E-state index contributed by atoms with van der Waals surface area (Å²) >= 11 is -2.77. The molecule has 5 heteroatoms. The Bertz CT molecular complexity index is 1270. The standard InChI is InChI=1S/C38H55IO3S/c1-8-9-10-11-12-13-14-15-16-17-18-31-19-29-36(30-20-31)43(40,41)42-39(34-25-21-32(22-26-34)37(2,3)4)35-27-23-33(24-28-35)38(5,6)7/h19-30H,8-18H2,1-7H3. The zero-order valence-electron chi connectivity index (χ0n) is 27.7. The van der Waals surface area contributed by atoms with Gasteiger partial charge in [0.05, 0.1) is 0 Å². The maximum atomic E-state index is 13.6. The number of aryl methyl sites for hydroxylation is 1. The van der Waals surface area contributed by atoms with Gasteiger partial charge in [0.1, 0.15) is 0 Å². The van der Waals surface area contributed by atoms with E-state index >= 15 is 0 Å². The Balaban J connectivity index is 1.67. The van der Waals surface area contributed by atoms with Gasteiger partial charge in [0.2, 0.25) is 0 Å². The third kappa shape index (κ3) is 11.6. The second-order valence-electron chi connectivity index (χ2n) is 13.9. The molecular weight excluding hydrogens is 663 g/mol. The van der Waals surface area contributed by atoms with Gasteiger partial charge in [-0.1, -0.05) is 39.0 Å². The molecule has 238 valence electrons. The fourth-order valence-electron chi connectivity index (χ4n) is 5.09. The number of hydrogen-bond acceptors (Lipinski definition) is 3. The Morgan fingerprint density at radius 2 is 0.953 bits per heavy atom. The van der Waals surface area contributed by atoms with Gasteiger partial charge in [0, 0.05) is 0 Å². The molecule has 0 bridgehead atoms. The van der Waals surface area contributed by atoms with Gasteiger partial charge in [-0.3, -0.25) is 0 Å². The van der Waals surface area contributed by atoms with E-state index in [0.717, 1.165) is 20.0 Å². The quantitative estimate of drug-likeness (QED) is 0.109. The van der Waals surface area contributed by atoms with Crippen molar-refractivity contribution in [2.75, 3.05) is 0 Å². The summed E-state index contributed by atoms with van der Waals surface area (Å²) in [7, 11) is -3.92. The van der Waals surface area contributed by atoms with Crippen LogP contribution < -0.4 is 0 Å². The SMILES string of the molecule is CCCCCCCCCCCCc1ccc(S(=O)(=O)OI(c2ccc(C(C)(C)C)cc2)c2ccc(C(C)(C)C)cc2)cc1. The first-order valence-corrected chi connectivity index (χ1v) is 20.7. The van der Waals surface area contributed by atoms with Gasteiger partial charge in [-0.05, 0) is 0 Å².